The van der Waals surface area contributed by atoms with Crippen molar-refractivity contribution < 1.29 is 31.4 Å². The van der Waals surface area contributed by atoms with E-state index in [0.29, 0.717) is 23.3 Å². The minimum atomic E-state index is -4.96. The first kappa shape index (κ1) is 21.4. The van der Waals surface area contributed by atoms with E-state index in [4.69, 9.17) is 0 Å². The van der Waals surface area contributed by atoms with Gasteiger partial charge in [-0.25, -0.2) is 0 Å². The molecule has 2 nitrogen and oxygen atoms in total. The summed E-state index contributed by atoms with van der Waals surface area (Å²) >= 11 is 0. The lowest BCUT2D eigenvalue weighted by molar-refractivity contribution is -0.143. The molecule has 156 valence electrons. The van der Waals surface area contributed by atoms with Crippen LogP contribution in [0.2, 0.25) is 0 Å². The number of rotatable bonds is 3. The second-order valence-corrected chi connectivity index (χ2v) is 6.64. The lowest BCUT2D eigenvalue weighted by atomic mass is 9.99. The Morgan fingerprint density at radius 3 is 1.90 bits per heavy atom. The average Bonchev–Trinajstić information content (AvgIpc) is 2.67. The quantitative estimate of drug-likeness (QED) is 0.352. The van der Waals surface area contributed by atoms with Crippen LogP contribution in [0.25, 0.3) is 11.1 Å². The van der Waals surface area contributed by atoms with E-state index >= 15 is 0 Å². The van der Waals surface area contributed by atoms with E-state index in [1.165, 1.54) is 6.07 Å². The number of benzene rings is 3. The molecule has 30 heavy (non-hydrogen) atoms. The minimum absolute atomic E-state index is 0.0384. The second-order valence-electron chi connectivity index (χ2n) is 6.64. The number of nitrogens with zero attached hydrogens (tertiary/aromatic N) is 1. The largest absolute Gasteiger partial charge is 0.507 e. The summed E-state index contributed by atoms with van der Waals surface area (Å²) < 4.78 is 78.0. The molecule has 0 aromatic heterocycles. The predicted octanol–water partition coefficient (Wildman–Crippen LogP) is 7.16. The van der Waals surface area contributed by atoms with E-state index in [2.05, 4.69) is 4.99 Å². The third-order valence-corrected chi connectivity index (χ3v) is 4.29. The van der Waals surface area contributed by atoms with Crippen LogP contribution in [0.1, 0.15) is 22.3 Å². The maximum absolute atomic E-state index is 13.0. The zero-order valence-corrected chi connectivity index (χ0v) is 15.5. The molecule has 0 amide bonds. The molecule has 1 N–H and O–H groups in total. The Balaban J connectivity index is 2.07. The van der Waals surface area contributed by atoms with Crippen LogP contribution in [-0.2, 0) is 12.4 Å². The zero-order chi connectivity index (χ0) is 22.1. The van der Waals surface area contributed by atoms with Gasteiger partial charge in [-0.05, 0) is 48.4 Å². The fraction of sp³-hybridized carbons (Fsp3) is 0.136. The number of aliphatic imine (C=N–C) groups is 1. The molecule has 3 aromatic carbocycles. The van der Waals surface area contributed by atoms with Crippen LogP contribution in [0.3, 0.4) is 0 Å². The minimum Gasteiger partial charge on any atom is -0.507 e. The third-order valence-electron chi connectivity index (χ3n) is 4.29. The first-order valence-electron chi connectivity index (χ1n) is 8.68. The van der Waals surface area contributed by atoms with Crippen molar-refractivity contribution in [1.82, 2.24) is 0 Å². The van der Waals surface area contributed by atoms with Crippen molar-refractivity contribution in [1.29, 1.82) is 0 Å². The molecule has 0 spiro atoms. The summed E-state index contributed by atoms with van der Waals surface area (Å²) in [6, 6.07) is 13.2. The van der Waals surface area contributed by atoms with Gasteiger partial charge in [-0.15, -0.1) is 0 Å². The lowest BCUT2D eigenvalue weighted by Crippen LogP contribution is -2.10. The summed E-state index contributed by atoms with van der Waals surface area (Å²) in [6.07, 6.45) is -8.88. The summed E-state index contributed by atoms with van der Waals surface area (Å²) in [5, 5.41) is 10.6. The van der Waals surface area contributed by atoms with E-state index < -0.39 is 29.2 Å². The van der Waals surface area contributed by atoms with E-state index in [0.717, 1.165) is 11.8 Å². The Bertz CT molecular complexity index is 1050. The first-order valence-corrected chi connectivity index (χ1v) is 8.68. The molecule has 0 aliphatic carbocycles. The summed E-state index contributed by atoms with van der Waals surface area (Å²) in [5.41, 5.74) is -1.37. The Morgan fingerprint density at radius 1 is 0.800 bits per heavy atom. The Kier molecular flexibility index (Phi) is 5.61. The van der Waals surface area contributed by atoms with Crippen LogP contribution in [0.15, 0.2) is 65.7 Å². The van der Waals surface area contributed by atoms with Gasteiger partial charge in [0.2, 0.25) is 0 Å². The summed E-state index contributed by atoms with van der Waals surface area (Å²) in [7, 11) is 0. The van der Waals surface area contributed by atoms with Crippen molar-refractivity contribution in [3.05, 3.63) is 82.9 Å². The summed E-state index contributed by atoms with van der Waals surface area (Å²) in [4.78, 5) is 3.78. The maximum atomic E-state index is 13.0. The molecule has 3 aromatic rings. The normalized spacial score (nSPS) is 12.5. The average molecular weight is 423 g/mol. The topological polar surface area (TPSA) is 32.6 Å². The molecule has 0 saturated carbocycles. The second kappa shape index (κ2) is 7.85. The van der Waals surface area contributed by atoms with Gasteiger partial charge < -0.3 is 5.11 Å². The van der Waals surface area contributed by atoms with Crippen molar-refractivity contribution in [2.75, 3.05) is 0 Å². The Labute approximate surface area is 168 Å². The third kappa shape index (κ3) is 4.82. The van der Waals surface area contributed by atoms with Gasteiger partial charge in [0.05, 0.1) is 16.8 Å². The lowest BCUT2D eigenvalue weighted by Gasteiger charge is -2.13. The number of hydrogen-bond donors (Lipinski definition) is 1. The molecule has 0 fully saturated rings. The highest BCUT2D eigenvalue weighted by Gasteiger charge is 2.36. The van der Waals surface area contributed by atoms with Crippen LogP contribution in [-0.4, -0.2) is 11.3 Å². The Morgan fingerprint density at radius 2 is 1.37 bits per heavy atom. The van der Waals surface area contributed by atoms with Gasteiger partial charge in [0.15, 0.2) is 0 Å². The van der Waals surface area contributed by atoms with Gasteiger partial charge >= 0.3 is 12.4 Å². The van der Waals surface area contributed by atoms with E-state index in [1.807, 2.05) is 0 Å². The van der Waals surface area contributed by atoms with Gasteiger partial charge in [-0.2, -0.15) is 26.3 Å². The summed E-state index contributed by atoms with van der Waals surface area (Å²) in [6.45, 7) is 1.75. The van der Waals surface area contributed by atoms with Crippen molar-refractivity contribution in [3.8, 4) is 16.9 Å². The molecule has 0 radical (unpaired) electrons. The maximum Gasteiger partial charge on any atom is 0.416 e. The van der Waals surface area contributed by atoms with Crippen LogP contribution < -0.4 is 0 Å². The van der Waals surface area contributed by atoms with Crippen molar-refractivity contribution >= 4 is 11.9 Å². The Hall–Kier alpha value is -3.29. The molecule has 0 atom stereocenters. The molecule has 0 heterocycles. The van der Waals surface area contributed by atoms with Crippen molar-refractivity contribution in [2.45, 2.75) is 19.3 Å². The highest BCUT2D eigenvalue weighted by atomic mass is 19.4. The molecule has 0 bridgehead atoms. The van der Waals surface area contributed by atoms with Crippen LogP contribution in [0.4, 0.5) is 32.0 Å². The van der Waals surface area contributed by atoms with Gasteiger partial charge in [0.1, 0.15) is 5.75 Å². The zero-order valence-electron chi connectivity index (χ0n) is 15.5. The van der Waals surface area contributed by atoms with Gasteiger partial charge in [0.25, 0.3) is 0 Å². The molecular formula is C22H15F6NO. The first-order chi connectivity index (χ1) is 13.9. The van der Waals surface area contributed by atoms with Crippen LogP contribution in [0, 0.1) is 6.92 Å². The number of aromatic hydroxyl groups is 1. The number of aryl methyl sites for hydroxylation is 1. The summed E-state index contributed by atoms with van der Waals surface area (Å²) in [5.74, 6) is -0.182. The number of halogens is 6. The SMILES string of the molecule is Cc1cc(C=Nc2cc(C(F)(F)F)cc(C(F)(F)F)c2)c(O)c(-c2ccccc2)c1. The van der Waals surface area contributed by atoms with E-state index in [1.54, 1.807) is 43.3 Å². The van der Waals surface area contributed by atoms with E-state index in [9.17, 15) is 31.4 Å². The van der Waals surface area contributed by atoms with Crippen LogP contribution >= 0.6 is 0 Å². The fourth-order valence-electron chi connectivity index (χ4n) is 2.90. The van der Waals surface area contributed by atoms with Gasteiger partial charge in [0, 0.05) is 17.3 Å². The number of alkyl halides is 6. The van der Waals surface area contributed by atoms with Crippen molar-refractivity contribution in [2.24, 2.45) is 4.99 Å². The molecule has 3 rings (SSSR count). The predicted molar refractivity (Wildman–Crippen MR) is 102 cm³/mol. The standard InChI is InChI=1S/C22H15F6NO/c1-13-7-15(20(30)19(8-13)14-5-3-2-4-6-14)12-29-18-10-16(21(23,24)25)9-17(11-18)22(26,27)28/h2-12,30H,1H3. The molecule has 0 unspecified atom stereocenters. The highest BCUT2D eigenvalue weighted by Crippen LogP contribution is 2.38. The van der Waals surface area contributed by atoms with Crippen molar-refractivity contribution in [3.63, 3.8) is 0 Å². The molecular weight excluding hydrogens is 408 g/mol. The fourth-order valence-corrected chi connectivity index (χ4v) is 2.90. The van der Waals surface area contributed by atoms with Crippen LogP contribution in [0.5, 0.6) is 5.75 Å². The molecule has 0 aliphatic heterocycles. The van der Waals surface area contributed by atoms with E-state index in [-0.39, 0.29) is 17.4 Å². The number of hydrogen-bond acceptors (Lipinski definition) is 2. The highest BCUT2D eigenvalue weighted by molar-refractivity contribution is 5.90. The molecule has 0 aliphatic rings. The molecule has 8 heteroatoms. The monoisotopic (exact) mass is 423 g/mol. The number of phenols is 1. The number of phenolic OH excluding ortho intramolecular Hbond substituents is 1. The van der Waals surface area contributed by atoms with Gasteiger partial charge in [-0.3, -0.25) is 4.99 Å². The van der Waals surface area contributed by atoms with Gasteiger partial charge in [-0.1, -0.05) is 30.3 Å². The molecule has 0 saturated heterocycles. The smallest absolute Gasteiger partial charge is 0.416 e.